The van der Waals surface area contributed by atoms with Gasteiger partial charge in [0.1, 0.15) is 12.6 Å². The number of amides is 2. The maximum Gasteiger partial charge on any atom is 0.411 e. The number of ether oxygens (including phenoxy) is 1. The number of hydrogen-bond donors (Lipinski definition) is 3. The molecule has 0 spiro atoms. The van der Waals surface area contributed by atoms with E-state index in [1.807, 2.05) is 36.4 Å². The monoisotopic (exact) mass is 459 g/mol. The van der Waals surface area contributed by atoms with Crippen LogP contribution in [0.5, 0.6) is 0 Å². The number of carboxylic acids is 1. The van der Waals surface area contributed by atoms with Crippen LogP contribution in [0, 0.1) is 5.92 Å². The highest BCUT2D eigenvalue weighted by atomic mass is 16.5. The van der Waals surface area contributed by atoms with Crippen molar-refractivity contribution >= 4 is 23.7 Å². The topological polar surface area (TPSA) is 118 Å². The third-order valence-corrected chi connectivity index (χ3v) is 5.82. The van der Waals surface area contributed by atoms with E-state index in [0.29, 0.717) is 0 Å². The molecule has 0 unspecified atom stereocenters. The Morgan fingerprint density at radius 1 is 0.971 bits per heavy atom. The van der Waals surface area contributed by atoms with Crippen LogP contribution in [0.3, 0.4) is 0 Å². The van der Waals surface area contributed by atoms with Crippen molar-refractivity contribution in [1.82, 2.24) is 10.3 Å². The maximum absolute atomic E-state index is 12.7. The van der Waals surface area contributed by atoms with E-state index in [9.17, 15) is 19.5 Å². The van der Waals surface area contributed by atoms with Gasteiger partial charge in [0.2, 0.25) is 0 Å². The molecular formula is C26H25N3O5. The number of fused-ring (bicyclic) bond motifs is 3. The fraction of sp³-hybridized carbons (Fsp3) is 0.231. The normalized spacial score (nSPS) is 13.0. The Morgan fingerprint density at radius 2 is 1.59 bits per heavy atom. The highest BCUT2D eigenvalue weighted by Gasteiger charge is 2.29. The summed E-state index contributed by atoms with van der Waals surface area (Å²) in [6.45, 7) is 3.50. The van der Waals surface area contributed by atoms with E-state index < -0.39 is 24.0 Å². The fourth-order valence-corrected chi connectivity index (χ4v) is 4.15. The number of pyridine rings is 1. The van der Waals surface area contributed by atoms with Gasteiger partial charge in [0, 0.05) is 12.1 Å². The Balaban J connectivity index is 1.46. The highest BCUT2D eigenvalue weighted by Crippen LogP contribution is 2.44. The molecule has 1 atom stereocenters. The first-order valence-corrected chi connectivity index (χ1v) is 11.0. The van der Waals surface area contributed by atoms with Gasteiger partial charge in [-0.3, -0.25) is 10.1 Å². The van der Waals surface area contributed by atoms with Crippen molar-refractivity contribution in [3.63, 3.8) is 0 Å². The van der Waals surface area contributed by atoms with Crippen molar-refractivity contribution in [2.24, 2.45) is 5.92 Å². The van der Waals surface area contributed by atoms with Crippen molar-refractivity contribution in [1.29, 1.82) is 0 Å². The molecule has 8 heteroatoms. The number of nitrogens with zero attached hydrogens (tertiary/aromatic N) is 1. The summed E-state index contributed by atoms with van der Waals surface area (Å²) in [5.74, 6) is -2.28. The minimum absolute atomic E-state index is 0.0945. The smallest absolute Gasteiger partial charge is 0.411 e. The molecule has 1 aliphatic carbocycles. The number of nitrogens with one attached hydrogen (secondary N) is 2. The predicted molar refractivity (Wildman–Crippen MR) is 127 cm³/mol. The lowest BCUT2D eigenvalue weighted by atomic mass is 9.98. The van der Waals surface area contributed by atoms with Crippen molar-refractivity contribution in [2.45, 2.75) is 25.8 Å². The third kappa shape index (κ3) is 4.61. The van der Waals surface area contributed by atoms with Crippen LogP contribution in [0.25, 0.3) is 11.1 Å². The van der Waals surface area contributed by atoms with E-state index in [4.69, 9.17) is 4.74 Å². The Hall–Kier alpha value is -4.20. The number of benzene rings is 2. The SMILES string of the molecule is CC(C)[C@@H](NC(=O)c1ncccc1NC(=O)OCC1c2ccccc2-c2ccccc21)C(=O)O. The zero-order valence-electron chi connectivity index (χ0n) is 18.8. The summed E-state index contributed by atoms with van der Waals surface area (Å²) in [6.07, 6.45) is 0.658. The van der Waals surface area contributed by atoms with E-state index in [2.05, 4.69) is 27.8 Å². The number of carbonyl (C=O) groups excluding carboxylic acids is 2. The molecule has 0 bridgehead atoms. The number of aliphatic carboxylic acids is 1. The van der Waals surface area contributed by atoms with Gasteiger partial charge in [-0.05, 0) is 40.3 Å². The van der Waals surface area contributed by atoms with Crippen LogP contribution in [0.15, 0.2) is 66.9 Å². The molecule has 0 saturated heterocycles. The Bertz CT molecular complexity index is 1190. The van der Waals surface area contributed by atoms with Crippen LogP contribution in [0.1, 0.15) is 41.4 Å². The van der Waals surface area contributed by atoms with Gasteiger partial charge in [-0.15, -0.1) is 0 Å². The van der Waals surface area contributed by atoms with Crippen LogP contribution in [0.2, 0.25) is 0 Å². The van der Waals surface area contributed by atoms with Gasteiger partial charge in [0.25, 0.3) is 5.91 Å². The van der Waals surface area contributed by atoms with Crippen molar-refractivity contribution < 1.29 is 24.2 Å². The second kappa shape index (κ2) is 9.74. The Morgan fingerprint density at radius 3 is 2.18 bits per heavy atom. The molecule has 1 heterocycles. The second-order valence-electron chi connectivity index (χ2n) is 8.38. The minimum atomic E-state index is -1.15. The van der Waals surface area contributed by atoms with Crippen molar-refractivity contribution in [3.05, 3.63) is 83.7 Å². The molecule has 1 aromatic heterocycles. The van der Waals surface area contributed by atoms with Gasteiger partial charge in [-0.25, -0.2) is 14.6 Å². The lowest BCUT2D eigenvalue weighted by molar-refractivity contribution is -0.140. The Kier molecular flexibility index (Phi) is 6.58. The first-order chi connectivity index (χ1) is 16.4. The first-order valence-electron chi connectivity index (χ1n) is 11.0. The number of carbonyl (C=O) groups is 3. The van der Waals surface area contributed by atoms with Crippen LogP contribution in [-0.4, -0.2) is 40.7 Å². The van der Waals surface area contributed by atoms with E-state index in [0.717, 1.165) is 22.3 Å². The molecule has 4 rings (SSSR count). The summed E-state index contributed by atoms with van der Waals surface area (Å²) >= 11 is 0. The number of anilines is 1. The van der Waals surface area contributed by atoms with Crippen molar-refractivity contribution in [2.75, 3.05) is 11.9 Å². The summed E-state index contributed by atoms with van der Waals surface area (Å²) in [4.78, 5) is 40.8. The van der Waals surface area contributed by atoms with E-state index in [1.165, 1.54) is 12.3 Å². The molecule has 0 radical (unpaired) electrons. The zero-order valence-corrected chi connectivity index (χ0v) is 18.8. The summed E-state index contributed by atoms with van der Waals surface area (Å²) < 4.78 is 5.53. The summed E-state index contributed by atoms with van der Waals surface area (Å²) in [6, 6.07) is 18.0. The van der Waals surface area contributed by atoms with Crippen LogP contribution < -0.4 is 10.6 Å². The van der Waals surface area contributed by atoms with Gasteiger partial charge in [-0.2, -0.15) is 0 Å². The molecule has 0 saturated carbocycles. The van der Waals surface area contributed by atoms with Gasteiger partial charge in [-0.1, -0.05) is 62.4 Å². The molecule has 3 N–H and O–H groups in total. The number of carboxylic acid groups (broad SMARTS) is 1. The lowest BCUT2D eigenvalue weighted by Crippen LogP contribution is -2.44. The molecule has 3 aromatic rings. The number of hydrogen-bond acceptors (Lipinski definition) is 5. The predicted octanol–water partition coefficient (Wildman–Crippen LogP) is 4.28. The highest BCUT2D eigenvalue weighted by molar-refractivity contribution is 6.02. The third-order valence-electron chi connectivity index (χ3n) is 5.82. The van der Waals surface area contributed by atoms with E-state index >= 15 is 0 Å². The molecule has 2 amide bonds. The van der Waals surface area contributed by atoms with Gasteiger partial charge < -0.3 is 15.2 Å². The average molecular weight is 460 g/mol. The minimum Gasteiger partial charge on any atom is -0.480 e. The summed E-state index contributed by atoms with van der Waals surface area (Å²) in [5, 5.41) is 14.4. The summed E-state index contributed by atoms with van der Waals surface area (Å²) in [7, 11) is 0. The van der Waals surface area contributed by atoms with Gasteiger partial charge in [0.05, 0.1) is 5.69 Å². The lowest BCUT2D eigenvalue weighted by Gasteiger charge is -2.19. The fourth-order valence-electron chi connectivity index (χ4n) is 4.15. The quantitative estimate of drug-likeness (QED) is 0.485. The molecule has 2 aromatic carbocycles. The Labute approximate surface area is 197 Å². The molecule has 8 nitrogen and oxygen atoms in total. The second-order valence-corrected chi connectivity index (χ2v) is 8.38. The molecular weight excluding hydrogens is 434 g/mol. The molecule has 1 aliphatic rings. The largest absolute Gasteiger partial charge is 0.480 e. The van der Waals surface area contributed by atoms with Gasteiger partial charge in [0.15, 0.2) is 5.69 Å². The molecule has 174 valence electrons. The number of aromatic nitrogens is 1. The van der Waals surface area contributed by atoms with Crippen LogP contribution >= 0.6 is 0 Å². The number of rotatable bonds is 7. The molecule has 0 fully saturated rings. The first kappa shape index (κ1) is 23.0. The molecule has 0 aliphatic heterocycles. The van der Waals surface area contributed by atoms with Crippen LogP contribution in [-0.2, 0) is 9.53 Å². The average Bonchev–Trinajstić information content (AvgIpc) is 3.14. The van der Waals surface area contributed by atoms with E-state index in [1.54, 1.807) is 19.9 Å². The summed E-state index contributed by atoms with van der Waals surface area (Å²) in [5.41, 5.74) is 4.46. The van der Waals surface area contributed by atoms with E-state index in [-0.39, 0.29) is 29.8 Å². The van der Waals surface area contributed by atoms with Crippen molar-refractivity contribution in [3.8, 4) is 11.1 Å². The van der Waals surface area contributed by atoms with Gasteiger partial charge >= 0.3 is 12.1 Å². The van der Waals surface area contributed by atoms with Crippen LogP contribution in [0.4, 0.5) is 10.5 Å². The molecule has 34 heavy (non-hydrogen) atoms. The maximum atomic E-state index is 12.7. The standard InChI is InChI=1S/C26H25N3O5/c1-15(2)22(25(31)32)29-24(30)23-21(12-7-13-27-23)28-26(33)34-14-20-18-10-5-3-8-16(18)17-9-4-6-11-19(17)20/h3-13,15,20,22H,14H2,1-2H3,(H,28,33)(H,29,30)(H,31,32)/t22-/m1/s1. The zero-order chi connectivity index (χ0) is 24.2.